The molecule has 25 heavy (non-hydrogen) atoms. The Kier molecular flexibility index (Phi) is 5.86. The van der Waals surface area contributed by atoms with E-state index in [9.17, 15) is 9.18 Å². The third kappa shape index (κ3) is 4.92. The van der Waals surface area contributed by atoms with E-state index in [0.29, 0.717) is 16.3 Å². The number of halogens is 1. The molecule has 3 rings (SSSR count). The smallest absolute Gasteiger partial charge is 0.234 e. The predicted molar refractivity (Wildman–Crippen MR) is 98.6 cm³/mol. The van der Waals surface area contributed by atoms with Crippen molar-refractivity contribution in [2.24, 2.45) is 0 Å². The second-order valence-corrected chi connectivity index (χ2v) is 7.07. The van der Waals surface area contributed by atoms with E-state index >= 15 is 0 Å². The summed E-state index contributed by atoms with van der Waals surface area (Å²) in [5.41, 5.74) is 1.01. The van der Waals surface area contributed by atoms with E-state index in [1.54, 1.807) is 19.1 Å². The molecule has 0 radical (unpaired) electrons. The van der Waals surface area contributed by atoms with E-state index in [4.69, 9.17) is 0 Å². The normalized spacial score (nSPS) is 14.4. The molecule has 1 aromatic heterocycles. The van der Waals surface area contributed by atoms with E-state index in [1.165, 1.54) is 37.1 Å². The molecule has 1 saturated heterocycles. The molecule has 0 bridgehead atoms. The van der Waals surface area contributed by atoms with Crippen LogP contribution in [0, 0.1) is 12.7 Å². The van der Waals surface area contributed by atoms with E-state index in [2.05, 4.69) is 20.4 Å². The molecule has 5 nitrogen and oxygen atoms in total. The van der Waals surface area contributed by atoms with Crippen molar-refractivity contribution in [3.63, 3.8) is 0 Å². The maximum Gasteiger partial charge on any atom is 0.234 e. The SMILES string of the molecule is Cc1ccc(NC(=O)CSc2ccc(N3CCCCC3)nn2)cc1F. The van der Waals surface area contributed by atoms with Crippen molar-refractivity contribution in [2.75, 3.05) is 29.1 Å². The van der Waals surface area contributed by atoms with Gasteiger partial charge < -0.3 is 10.2 Å². The largest absolute Gasteiger partial charge is 0.355 e. The summed E-state index contributed by atoms with van der Waals surface area (Å²) in [6, 6.07) is 8.50. The number of thioether (sulfide) groups is 1. The molecular weight excluding hydrogens is 339 g/mol. The van der Waals surface area contributed by atoms with Gasteiger partial charge in [-0.05, 0) is 56.0 Å². The molecule has 1 fully saturated rings. The zero-order valence-electron chi connectivity index (χ0n) is 14.2. The Balaban J connectivity index is 1.50. The van der Waals surface area contributed by atoms with Crippen molar-refractivity contribution >= 4 is 29.2 Å². The second-order valence-electron chi connectivity index (χ2n) is 6.08. The lowest BCUT2D eigenvalue weighted by molar-refractivity contribution is -0.113. The van der Waals surface area contributed by atoms with Gasteiger partial charge in [0.15, 0.2) is 5.82 Å². The molecule has 2 aromatic rings. The lowest BCUT2D eigenvalue weighted by Crippen LogP contribution is -2.30. The van der Waals surface area contributed by atoms with E-state index in [1.807, 2.05) is 12.1 Å². The van der Waals surface area contributed by atoms with Gasteiger partial charge in [0.1, 0.15) is 10.8 Å². The van der Waals surface area contributed by atoms with Gasteiger partial charge in [0.25, 0.3) is 0 Å². The third-order valence-corrected chi connectivity index (χ3v) is 5.03. The molecular formula is C18H21FN4OS. The number of nitrogens with one attached hydrogen (secondary N) is 1. The number of nitrogens with zero attached hydrogens (tertiary/aromatic N) is 3. The average Bonchev–Trinajstić information content (AvgIpc) is 2.64. The van der Waals surface area contributed by atoms with Gasteiger partial charge in [-0.25, -0.2) is 4.39 Å². The number of aryl methyl sites for hydroxylation is 1. The topological polar surface area (TPSA) is 58.1 Å². The van der Waals surface area contributed by atoms with Gasteiger partial charge in [-0.3, -0.25) is 4.79 Å². The number of anilines is 2. The quantitative estimate of drug-likeness (QED) is 0.825. The summed E-state index contributed by atoms with van der Waals surface area (Å²) < 4.78 is 13.5. The average molecular weight is 360 g/mol. The minimum absolute atomic E-state index is 0.199. The number of aromatic nitrogens is 2. The van der Waals surface area contributed by atoms with Crippen LogP contribution in [0.2, 0.25) is 0 Å². The van der Waals surface area contributed by atoms with Gasteiger partial charge in [-0.1, -0.05) is 17.8 Å². The third-order valence-electron chi connectivity index (χ3n) is 4.11. The molecule has 0 spiro atoms. The summed E-state index contributed by atoms with van der Waals surface area (Å²) in [7, 11) is 0. The molecule has 1 N–H and O–H groups in total. The van der Waals surface area contributed by atoms with Crippen molar-refractivity contribution < 1.29 is 9.18 Å². The van der Waals surface area contributed by atoms with Crippen LogP contribution in [-0.2, 0) is 4.79 Å². The highest BCUT2D eigenvalue weighted by Gasteiger charge is 2.13. The van der Waals surface area contributed by atoms with Crippen molar-refractivity contribution in [1.29, 1.82) is 0 Å². The monoisotopic (exact) mass is 360 g/mol. The number of carbonyl (C=O) groups excluding carboxylic acids is 1. The van der Waals surface area contributed by atoms with Gasteiger partial charge in [-0.2, -0.15) is 0 Å². The Morgan fingerprint density at radius 3 is 2.68 bits per heavy atom. The predicted octanol–water partition coefficient (Wildman–Crippen LogP) is 3.65. The first-order valence-corrected chi connectivity index (χ1v) is 9.38. The van der Waals surface area contributed by atoms with Crippen LogP contribution in [0.25, 0.3) is 0 Å². The summed E-state index contributed by atoms with van der Waals surface area (Å²) in [4.78, 5) is 14.2. The van der Waals surface area contributed by atoms with Crippen LogP contribution >= 0.6 is 11.8 Å². The molecule has 0 atom stereocenters. The van der Waals surface area contributed by atoms with E-state index < -0.39 is 0 Å². The van der Waals surface area contributed by atoms with Gasteiger partial charge in [0.2, 0.25) is 5.91 Å². The van der Waals surface area contributed by atoms with Crippen LogP contribution < -0.4 is 10.2 Å². The Bertz CT molecular complexity index is 732. The van der Waals surface area contributed by atoms with Crippen molar-refractivity contribution in [2.45, 2.75) is 31.2 Å². The Morgan fingerprint density at radius 2 is 2.00 bits per heavy atom. The maximum absolute atomic E-state index is 13.5. The van der Waals surface area contributed by atoms with Crippen LogP contribution in [0.1, 0.15) is 24.8 Å². The first kappa shape index (κ1) is 17.7. The summed E-state index contributed by atoms with van der Waals surface area (Å²) in [6.07, 6.45) is 3.66. The highest BCUT2D eigenvalue weighted by Crippen LogP contribution is 2.20. The van der Waals surface area contributed by atoms with E-state index in [-0.39, 0.29) is 17.5 Å². The number of benzene rings is 1. The number of hydrogen-bond acceptors (Lipinski definition) is 5. The minimum atomic E-state index is -0.329. The lowest BCUT2D eigenvalue weighted by Gasteiger charge is -2.27. The highest BCUT2D eigenvalue weighted by atomic mass is 32.2. The van der Waals surface area contributed by atoms with Gasteiger partial charge >= 0.3 is 0 Å². The number of piperidine rings is 1. The Hall–Kier alpha value is -2.15. The van der Waals surface area contributed by atoms with Crippen molar-refractivity contribution in [3.05, 3.63) is 41.7 Å². The molecule has 1 aromatic carbocycles. The molecule has 132 valence electrons. The summed E-state index contributed by atoms with van der Waals surface area (Å²) >= 11 is 1.31. The molecule has 7 heteroatoms. The van der Waals surface area contributed by atoms with Crippen molar-refractivity contribution in [1.82, 2.24) is 10.2 Å². The molecule has 0 aliphatic carbocycles. The van der Waals surface area contributed by atoms with Gasteiger partial charge in [0, 0.05) is 18.8 Å². The minimum Gasteiger partial charge on any atom is -0.355 e. The first-order valence-electron chi connectivity index (χ1n) is 8.39. The Labute approximate surface area is 151 Å². The molecule has 0 saturated carbocycles. The molecule has 0 unspecified atom stereocenters. The van der Waals surface area contributed by atoms with Crippen LogP contribution in [-0.4, -0.2) is 34.9 Å². The maximum atomic E-state index is 13.5. The number of carbonyl (C=O) groups is 1. The van der Waals surface area contributed by atoms with Gasteiger partial charge in [-0.15, -0.1) is 10.2 Å². The fraction of sp³-hybridized carbons (Fsp3) is 0.389. The molecule has 1 aliphatic rings. The highest BCUT2D eigenvalue weighted by molar-refractivity contribution is 7.99. The van der Waals surface area contributed by atoms with Crippen LogP contribution in [0.4, 0.5) is 15.9 Å². The fourth-order valence-corrected chi connectivity index (χ4v) is 3.30. The Morgan fingerprint density at radius 1 is 1.20 bits per heavy atom. The molecule has 2 heterocycles. The number of rotatable bonds is 5. The zero-order valence-corrected chi connectivity index (χ0v) is 15.0. The zero-order chi connectivity index (χ0) is 17.6. The van der Waals surface area contributed by atoms with Crippen molar-refractivity contribution in [3.8, 4) is 0 Å². The number of hydrogen-bond donors (Lipinski definition) is 1. The number of amides is 1. The first-order chi connectivity index (χ1) is 12.1. The van der Waals surface area contributed by atoms with Crippen LogP contribution in [0.3, 0.4) is 0 Å². The molecule has 1 aliphatic heterocycles. The lowest BCUT2D eigenvalue weighted by atomic mass is 10.1. The van der Waals surface area contributed by atoms with Gasteiger partial charge in [0.05, 0.1) is 5.75 Å². The molecule has 1 amide bonds. The van der Waals surface area contributed by atoms with Crippen LogP contribution in [0.15, 0.2) is 35.4 Å². The standard InChI is InChI=1S/C18H21FN4OS/c1-13-5-6-14(11-15(13)19)20-17(24)12-25-18-8-7-16(21-22-18)23-9-3-2-4-10-23/h5-8,11H,2-4,9-10,12H2,1H3,(H,20,24). The van der Waals surface area contributed by atoms with Crippen LogP contribution in [0.5, 0.6) is 0 Å². The summed E-state index contributed by atoms with van der Waals surface area (Å²) in [5.74, 6) is 0.566. The summed E-state index contributed by atoms with van der Waals surface area (Å²) in [6.45, 7) is 3.73. The second kappa shape index (κ2) is 8.29. The summed E-state index contributed by atoms with van der Waals surface area (Å²) in [5, 5.41) is 11.8. The van der Waals surface area contributed by atoms with E-state index in [0.717, 1.165) is 18.9 Å². The fourth-order valence-electron chi connectivity index (χ4n) is 2.69.